The molecule has 0 aliphatic carbocycles. The molecule has 21 heavy (non-hydrogen) atoms. The Kier molecular flexibility index (Phi) is 4.37. The maximum Gasteiger partial charge on any atom is 0.185 e. The largest absolute Gasteiger partial charge is 0.346 e. The van der Waals surface area contributed by atoms with Gasteiger partial charge in [0.25, 0.3) is 0 Å². The topological polar surface area (TPSA) is 36.4 Å². The Morgan fingerprint density at radius 2 is 2.05 bits per heavy atom. The fraction of sp³-hybridized carbons (Fsp3) is 0.467. The monoisotopic (exact) mass is 321 g/mol. The van der Waals surface area contributed by atoms with Crippen molar-refractivity contribution in [2.24, 2.45) is 0 Å². The fourth-order valence-corrected chi connectivity index (χ4v) is 4.30. The number of aromatic nitrogens is 1. The smallest absolute Gasteiger partial charge is 0.185 e. The number of carbonyl (C=O) groups excluding carboxylic acids is 1. The molecular weight excluding hydrogens is 302 g/mol. The number of nitrogens with zero attached hydrogens (tertiary/aromatic N) is 3. The zero-order chi connectivity index (χ0) is 14.8. The van der Waals surface area contributed by atoms with Crippen LogP contribution >= 0.6 is 22.7 Å². The first kappa shape index (κ1) is 14.7. The third-order valence-corrected chi connectivity index (χ3v) is 5.57. The number of carbonyl (C=O) groups is 1. The van der Waals surface area contributed by atoms with Crippen LogP contribution in [0.1, 0.15) is 20.1 Å². The first-order valence-corrected chi connectivity index (χ1v) is 8.80. The first-order chi connectivity index (χ1) is 10.1. The van der Waals surface area contributed by atoms with Crippen molar-refractivity contribution in [3.8, 4) is 0 Å². The lowest BCUT2D eigenvalue weighted by molar-refractivity contribution is 0.0926. The van der Waals surface area contributed by atoms with Gasteiger partial charge in [0.2, 0.25) is 0 Å². The van der Waals surface area contributed by atoms with Crippen molar-refractivity contribution in [1.82, 2.24) is 9.88 Å². The molecule has 6 heteroatoms. The molecule has 1 fully saturated rings. The van der Waals surface area contributed by atoms with Crippen LogP contribution in [-0.4, -0.2) is 48.4 Å². The molecule has 2 aromatic heterocycles. The average Bonchev–Trinajstić information content (AvgIpc) is 3.09. The summed E-state index contributed by atoms with van der Waals surface area (Å²) in [6, 6.07) is 2.02. The number of hydrogen-bond donors (Lipinski definition) is 0. The van der Waals surface area contributed by atoms with Crippen molar-refractivity contribution in [2.75, 3.05) is 37.6 Å². The molecule has 0 bridgehead atoms. The summed E-state index contributed by atoms with van der Waals surface area (Å²) in [5, 5.41) is 3.10. The second-order valence-corrected chi connectivity index (χ2v) is 7.66. The molecule has 0 radical (unpaired) electrons. The van der Waals surface area contributed by atoms with Gasteiger partial charge in [-0.15, -0.1) is 22.7 Å². The van der Waals surface area contributed by atoms with Crippen molar-refractivity contribution >= 4 is 33.6 Å². The van der Waals surface area contributed by atoms with Crippen LogP contribution in [0.25, 0.3) is 0 Å². The Hall–Kier alpha value is -1.24. The summed E-state index contributed by atoms with van der Waals surface area (Å²) in [5.41, 5.74) is 0.903. The number of Topliss-reactive ketones (excluding diaryl/α,β-unsaturated/α-hetero) is 1. The van der Waals surface area contributed by atoms with E-state index in [2.05, 4.69) is 21.7 Å². The maximum atomic E-state index is 12.4. The molecule has 1 saturated heterocycles. The van der Waals surface area contributed by atoms with Crippen LogP contribution < -0.4 is 4.90 Å². The fourth-order valence-electron chi connectivity index (χ4n) is 2.67. The minimum Gasteiger partial charge on any atom is -0.346 e. The molecule has 0 unspecified atom stereocenters. The van der Waals surface area contributed by atoms with Gasteiger partial charge in [-0.2, -0.15) is 0 Å². The Morgan fingerprint density at radius 1 is 1.29 bits per heavy atom. The highest BCUT2D eigenvalue weighted by atomic mass is 32.1. The van der Waals surface area contributed by atoms with E-state index in [0.717, 1.165) is 41.8 Å². The van der Waals surface area contributed by atoms with Gasteiger partial charge in [0.05, 0.1) is 6.54 Å². The van der Waals surface area contributed by atoms with E-state index in [1.165, 1.54) is 4.88 Å². The van der Waals surface area contributed by atoms with Crippen LogP contribution in [0.4, 0.5) is 5.13 Å². The van der Waals surface area contributed by atoms with Crippen molar-refractivity contribution in [2.45, 2.75) is 13.8 Å². The number of thiophene rings is 1. The Morgan fingerprint density at radius 3 is 2.62 bits per heavy atom. The summed E-state index contributed by atoms with van der Waals surface area (Å²) in [6.07, 6.45) is 1.84. The van der Waals surface area contributed by atoms with Gasteiger partial charge in [-0.25, -0.2) is 4.98 Å². The van der Waals surface area contributed by atoms with E-state index in [4.69, 9.17) is 0 Å². The van der Waals surface area contributed by atoms with Gasteiger partial charge in [0.15, 0.2) is 10.9 Å². The van der Waals surface area contributed by atoms with Gasteiger partial charge in [0, 0.05) is 53.1 Å². The van der Waals surface area contributed by atoms with E-state index in [-0.39, 0.29) is 5.78 Å². The quantitative estimate of drug-likeness (QED) is 0.812. The Labute approximate surface area is 133 Å². The molecule has 4 nitrogen and oxygen atoms in total. The molecular formula is C15H19N3OS2. The minimum atomic E-state index is 0.250. The van der Waals surface area contributed by atoms with E-state index in [1.807, 2.05) is 24.6 Å². The second kappa shape index (κ2) is 6.25. The average molecular weight is 321 g/mol. The normalized spacial score (nSPS) is 16.4. The lowest BCUT2D eigenvalue weighted by Gasteiger charge is -2.34. The predicted molar refractivity (Wildman–Crippen MR) is 88.9 cm³/mol. The van der Waals surface area contributed by atoms with E-state index in [0.29, 0.717) is 6.54 Å². The van der Waals surface area contributed by atoms with Crippen LogP contribution in [0, 0.1) is 13.8 Å². The van der Waals surface area contributed by atoms with Crippen molar-refractivity contribution in [3.63, 3.8) is 0 Å². The van der Waals surface area contributed by atoms with Crippen LogP contribution in [0.3, 0.4) is 0 Å². The number of piperazine rings is 1. The van der Waals surface area contributed by atoms with Crippen molar-refractivity contribution < 1.29 is 4.79 Å². The standard InChI is InChI=1S/C15H19N3OS2/c1-11-9-13(12(2)21-11)14(19)10-17-4-6-18(7-5-17)15-16-3-8-20-15/h3,8-9H,4-7,10H2,1-2H3. The third-order valence-electron chi connectivity index (χ3n) is 3.77. The SMILES string of the molecule is Cc1cc(C(=O)CN2CCN(c3nccs3)CC2)c(C)s1. The summed E-state index contributed by atoms with van der Waals surface area (Å²) in [5.74, 6) is 0.250. The molecule has 0 spiro atoms. The summed E-state index contributed by atoms with van der Waals surface area (Å²) >= 11 is 3.38. The molecule has 3 rings (SSSR count). The van der Waals surface area contributed by atoms with E-state index in [1.54, 1.807) is 22.7 Å². The van der Waals surface area contributed by atoms with Crippen LogP contribution in [0.15, 0.2) is 17.6 Å². The highest BCUT2D eigenvalue weighted by Crippen LogP contribution is 2.22. The highest BCUT2D eigenvalue weighted by Gasteiger charge is 2.22. The molecule has 0 saturated carbocycles. The van der Waals surface area contributed by atoms with Crippen LogP contribution in [0.5, 0.6) is 0 Å². The zero-order valence-electron chi connectivity index (χ0n) is 12.3. The number of thiazole rings is 1. The first-order valence-electron chi connectivity index (χ1n) is 7.10. The molecule has 0 atom stereocenters. The van der Waals surface area contributed by atoms with Gasteiger partial charge in [0.1, 0.15) is 0 Å². The molecule has 112 valence electrons. The molecule has 0 amide bonds. The molecule has 1 aliphatic rings. The summed E-state index contributed by atoms with van der Waals surface area (Å²) in [4.78, 5) is 23.6. The van der Waals surface area contributed by atoms with Gasteiger partial charge in [-0.3, -0.25) is 9.69 Å². The van der Waals surface area contributed by atoms with E-state index in [9.17, 15) is 4.79 Å². The molecule has 0 N–H and O–H groups in total. The van der Waals surface area contributed by atoms with Gasteiger partial charge < -0.3 is 4.90 Å². The van der Waals surface area contributed by atoms with E-state index >= 15 is 0 Å². The molecule has 3 heterocycles. The Bertz CT molecular complexity index is 613. The van der Waals surface area contributed by atoms with Crippen molar-refractivity contribution in [1.29, 1.82) is 0 Å². The van der Waals surface area contributed by atoms with Gasteiger partial charge in [-0.05, 0) is 19.9 Å². The van der Waals surface area contributed by atoms with Crippen LogP contribution in [0.2, 0.25) is 0 Å². The Balaban J connectivity index is 1.56. The zero-order valence-corrected chi connectivity index (χ0v) is 14.0. The summed E-state index contributed by atoms with van der Waals surface area (Å²) in [7, 11) is 0. The second-order valence-electron chi connectivity index (χ2n) is 5.33. The molecule has 0 aromatic carbocycles. The van der Waals surface area contributed by atoms with Gasteiger partial charge in [-0.1, -0.05) is 0 Å². The van der Waals surface area contributed by atoms with Crippen molar-refractivity contribution in [3.05, 3.63) is 33.0 Å². The third kappa shape index (κ3) is 3.33. The molecule has 2 aromatic rings. The van der Waals surface area contributed by atoms with Crippen LogP contribution in [-0.2, 0) is 0 Å². The molecule has 1 aliphatic heterocycles. The lowest BCUT2D eigenvalue weighted by Crippen LogP contribution is -2.48. The summed E-state index contributed by atoms with van der Waals surface area (Å²) < 4.78 is 0. The predicted octanol–water partition coefficient (Wildman–Crippen LogP) is 2.83. The highest BCUT2D eigenvalue weighted by molar-refractivity contribution is 7.13. The maximum absolute atomic E-state index is 12.4. The number of aryl methyl sites for hydroxylation is 2. The summed E-state index contributed by atoms with van der Waals surface area (Å²) in [6.45, 7) is 8.36. The minimum absolute atomic E-state index is 0.250. The van der Waals surface area contributed by atoms with Gasteiger partial charge >= 0.3 is 0 Å². The number of hydrogen-bond acceptors (Lipinski definition) is 6. The van der Waals surface area contributed by atoms with E-state index < -0.39 is 0 Å². The number of rotatable bonds is 4. The number of ketones is 1. The number of anilines is 1. The lowest BCUT2D eigenvalue weighted by atomic mass is 10.1.